The van der Waals surface area contributed by atoms with Crippen molar-refractivity contribution in [3.63, 3.8) is 0 Å². The molecular weight excluding hydrogens is 186 g/mol. The Labute approximate surface area is 88.5 Å². The molecule has 0 amide bonds. The first-order valence-corrected chi connectivity index (χ1v) is 4.83. The molecule has 0 unspecified atom stereocenters. The molecule has 2 aromatic rings. The van der Waals surface area contributed by atoms with Gasteiger partial charge in [0.05, 0.1) is 0 Å². The largest absolute Gasteiger partial charge is 0.309 e. The highest BCUT2D eigenvalue weighted by Crippen LogP contribution is 2.15. The van der Waals surface area contributed by atoms with Gasteiger partial charge in [-0.2, -0.15) is 0 Å². The fourth-order valence-corrected chi connectivity index (χ4v) is 1.38. The minimum absolute atomic E-state index is 1.10. The molecule has 0 saturated heterocycles. The quantitative estimate of drug-likeness (QED) is 0.728. The lowest BCUT2D eigenvalue weighted by Crippen LogP contribution is -1.82. The van der Waals surface area contributed by atoms with Crippen LogP contribution in [0.3, 0.4) is 0 Å². The highest BCUT2D eigenvalue weighted by atomic mass is 15.1. The van der Waals surface area contributed by atoms with Gasteiger partial charge in [0.15, 0.2) is 0 Å². The fourth-order valence-electron chi connectivity index (χ4n) is 1.38. The SMILES string of the molecule is Cc1cc[nH][nH]cc(-c2cccnc2)c1. The molecule has 3 nitrogen and oxygen atoms in total. The first-order valence-electron chi connectivity index (χ1n) is 4.83. The van der Waals surface area contributed by atoms with Crippen molar-refractivity contribution in [2.45, 2.75) is 6.92 Å². The number of hydrogen-bond acceptors (Lipinski definition) is 1. The van der Waals surface area contributed by atoms with Crippen LogP contribution in [0, 0.1) is 6.92 Å². The van der Waals surface area contributed by atoms with E-state index >= 15 is 0 Å². The average Bonchev–Trinajstić information content (AvgIpc) is 2.24. The van der Waals surface area contributed by atoms with Crippen LogP contribution in [0.15, 0.2) is 49.1 Å². The highest BCUT2D eigenvalue weighted by Gasteiger charge is 1.94. The summed E-state index contributed by atoms with van der Waals surface area (Å²) < 4.78 is 0. The summed E-state index contributed by atoms with van der Waals surface area (Å²) in [6, 6.07) is 8.09. The van der Waals surface area contributed by atoms with E-state index in [9.17, 15) is 0 Å². The molecule has 15 heavy (non-hydrogen) atoms. The number of aryl methyl sites for hydroxylation is 1. The Morgan fingerprint density at radius 1 is 1.13 bits per heavy atom. The normalized spacial score (nSPS) is 9.67. The Morgan fingerprint density at radius 2 is 2.07 bits per heavy atom. The number of pyridine rings is 1. The van der Waals surface area contributed by atoms with Crippen molar-refractivity contribution in [2.75, 3.05) is 0 Å². The Morgan fingerprint density at radius 3 is 2.87 bits per heavy atom. The maximum Gasteiger partial charge on any atom is 0.0346 e. The minimum Gasteiger partial charge on any atom is -0.309 e. The van der Waals surface area contributed by atoms with E-state index in [2.05, 4.69) is 28.2 Å². The molecule has 2 rings (SSSR count). The van der Waals surface area contributed by atoms with Crippen molar-refractivity contribution in [1.82, 2.24) is 15.2 Å². The second-order valence-corrected chi connectivity index (χ2v) is 3.35. The lowest BCUT2D eigenvalue weighted by molar-refractivity contribution is 1.04. The minimum atomic E-state index is 1.10. The van der Waals surface area contributed by atoms with Crippen molar-refractivity contribution in [3.05, 3.63) is 54.6 Å². The van der Waals surface area contributed by atoms with Gasteiger partial charge in [-0.05, 0) is 30.7 Å². The van der Waals surface area contributed by atoms with Gasteiger partial charge in [0.1, 0.15) is 0 Å². The first-order chi connectivity index (χ1) is 7.36. The summed E-state index contributed by atoms with van der Waals surface area (Å²) in [5, 5.41) is 5.93. The average molecular weight is 199 g/mol. The van der Waals surface area contributed by atoms with Crippen LogP contribution < -0.4 is 0 Å². The van der Waals surface area contributed by atoms with Gasteiger partial charge in [-0.3, -0.25) is 4.98 Å². The van der Waals surface area contributed by atoms with Crippen LogP contribution in [0.5, 0.6) is 0 Å². The Balaban J connectivity index is 2.55. The first kappa shape index (κ1) is 9.52. The van der Waals surface area contributed by atoms with Crippen LogP contribution >= 0.6 is 0 Å². The molecular formula is C12H13N3. The molecule has 0 aliphatic heterocycles. The van der Waals surface area contributed by atoms with Gasteiger partial charge in [-0.15, -0.1) is 0 Å². The fraction of sp³-hybridized carbons (Fsp3) is 0.0833. The number of aromatic nitrogens is 3. The smallest absolute Gasteiger partial charge is 0.0346 e. The summed E-state index contributed by atoms with van der Waals surface area (Å²) in [4.78, 5) is 4.10. The standard InChI is InChI=1S/C12H13N3/c1-10-4-6-14-15-9-12(7-10)11-3-2-5-13-8-11/h2-9,14-15H,1H3. The van der Waals surface area contributed by atoms with Crippen LogP contribution in [0.1, 0.15) is 5.56 Å². The van der Waals surface area contributed by atoms with Gasteiger partial charge >= 0.3 is 0 Å². The number of rotatable bonds is 1. The van der Waals surface area contributed by atoms with E-state index in [-0.39, 0.29) is 0 Å². The monoisotopic (exact) mass is 199 g/mol. The highest BCUT2D eigenvalue weighted by molar-refractivity contribution is 5.61. The third kappa shape index (κ3) is 2.47. The predicted molar refractivity (Wildman–Crippen MR) is 60.7 cm³/mol. The Bertz CT molecular complexity index is 467. The summed E-state index contributed by atoms with van der Waals surface area (Å²) >= 11 is 0. The maximum atomic E-state index is 4.10. The molecule has 2 heterocycles. The van der Waals surface area contributed by atoms with Gasteiger partial charge in [0.2, 0.25) is 0 Å². The van der Waals surface area contributed by atoms with Crippen LogP contribution in [0.25, 0.3) is 11.1 Å². The van der Waals surface area contributed by atoms with Crippen LogP contribution in [-0.4, -0.2) is 15.2 Å². The van der Waals surface area contributed by atoms with Gasteiger partial charge in [-0.1, -0.05) is 6.07 Å². The zero-order chi connectivity index (χ0) is 10.5. The molecule has 0 atom stereocenters. The van der Waals surface area contributed by atoms with Crippen molar-refractivity contribution >= 4 is 0 Å². The summed E-state index contributed by atoms with van der Waals surface area (Å²) in [7, 11) is 0. The summed E-state index contributed by atoms with van der Waals surface area (Å²) in [5.41, 5.74) is 3.40. The van der Waals surface area contributed by atoms with E-state index in [0.29, 0.717) is 0 Å². The molecule has 0 saturated carbocycles. The van der Waals surface area contributed by atoms with E-state index < -0.39 is 0 Å². The summed E-state index contributed by atoms with van der Waals surface area (Å²) in [6.45, 7) is 2.06. The molecule has 0 aliphatic carbocycles. The molecule has 2 N–H and O–H groups in total. The van der Waals surface area contributed by atoms with Crippen molar-refractivity contribution < 1.29 is 0 Å². The third-order valence-corrected chi connectivity index (χ3v) is 2.12. The molecule has 0 bridgehead atoms. The topological polar surface area (TPSA) is 44.5 Å². The second-order valence-electron chi connectivity index (χ2n) is 3.35. The molecule has 0 fully saturated rings. The van der Waals surface area contributed by atoms with Crippen LogP contribution in [-0.2, 0) is 0 Å². The number of aromatic amines is 2. The molecule has 76 valence electrons. The van der Waals surface area contributed by atoms with Crippen molar-refractivity contribution in [3.8, 4) is 11.1 Å². The molecule has 0 spiro atoms. The molecule has 0 aromatic carbocycles. The van der Waals surface area contributed by atoms with E-state index in [4.69, 9.17) is 0 Å². The zero-order valence-corrected chi connectivity index (χ0v) is 8.57. The van der Waals surface area contributed by atoms with E-state index in [1.807, 2.05) is 36.8 Å². The van der Waals surface area contributed by atoms with Gasteiger partial charge < -0.3 is 10.2 Å². The second kappa shape index (κ2) is 4.46. The van der Waals surface area contributed by atoms with E-state index in [1.54, 1.807) is 6.20 Å². The number of H-pyrrole nitrogens is 2. The Hall–Kier alpha value is -2.03. The Kier molecular flexibility index (Phi) is 2.83. The predicted octanol–water partition coefficient (Wildman–Crippen LogP) is 2.84. The summed E-state index contributed by atoms with van der Waals surface area (Å²) in [6.07, 6.45) is 7.41. The third-order valence-electron chi connectivity index (χ3n) is 2.12. The lowest BCUT2D eigenvalue weighted by Gasteiger charge is -1.99. The van der Waals surface area contributed by atoms with E-state index in [0.717, 1.165) is 11.1 Å². The maximum absolute atomic E-state index is 4.10. The number of hydrogen-bond donors (Lipinski definition) is 2. The molecule has 3 heteroatoms. The molecule has 2 aromatic heterocycles. The summed E-state index contributed by atoms with van der Waals surface area (Å²) in [5.74, 6) is 0. The van der Waals surface area contributed by atoms with Crippen molar-refractivity contribution in [1.29, 1.82) is 0 Å². The van der Waals surface area contributed by atoms with E-state index in [1.165, 1.54) is 5.56 Å². The number of nitrogens with one attached hydrogen (secondary N) is 2. The molecule has 0 aliphatic rings. The lowest BCUT2D eigenvalue weighted by atomic mass is 10.1. The van der Waals surface area contributed by atoms with Gasteiger partial charge in [0, 0.05) is 35.9 Å². The molecule has 0 radical (unpaired) electrons. The zero-order valence-electron chi connectivity index (χ0n) is 8.57. The van der Waals surface area contributed by atoms with Crippen molar-refractivity contribution in [2.24, 2.45) is 0 Å². The number of nitrogens with zero attached hydrogens (tertiary/aromatic N) is 1. The van der Waals surface area contributed by atoms with Gasteiger partial charge in [-0.25, -0.2) is 0 Å². The van der Waals surface area contributed by atoms with Gasteiger partial charge in [0.25, 0.3) is 0 Å². The van der Waals surface area contributed by atoms with Crippen LogP contribution in [0.2, 0.25) is 0 Å². The van der Waals surface area contributed by atoms with Crippen LogP contribution in [0.4, 0.5) is 0 Å².